The van der Waals surface area contributed by atoms with Gasteiger partial charge < -0.3 is 37.4 Å². The number of alkyl halides is 3. The van der Waals surface area contributed by atoms with Gasteiger partial charge in [0.05, 0.1) is 23.4 Å². The molecule has 4 aromatic rings. The number of benzene rings is 2. The SMILES string of the molecule is CCc1ccc2ncc(NC(=O)c3coc([C@@H](CCc4ccc(F)cc4)NC(=O)[C@H](N)CCCN=C(N)N)n3)cc2c1.O=C(O)C(F)(F)F. The molecule has 2 heterocycles. The summed E-state index contributed by atoms with van der Waals surface area (Å²) in [5.41, 5.74) is 20.2. The van der Waals surface area contributed by atoms with Crippen LogP contribution in [0.2, 0.25) is 0 Å². The van der Waals surface area contributed by atoms with Gasteiger partial charge in [0, 0.05) is 11.9 Å². The number of anilines is 1. The molecule has 9 N–H and O–H groups in total. The lowest BCUT2D eigenvalue weighted by Gasteiger charge is -2.19. The van der Waals surface area contributed by atoms with Gasteiger partial charge in [-0.05, 0) is 73.6 Å². The van der Waals surface area contributed by atoms with Crippen LogP contribution in [0.1, 0.15) is 59.7 Å². The first-order valence-corrected chi connectivity index (χ1v) is 15.0. The van der Waals surface area contributed by atoms with Crippen LogP contribution in [-0.2, 0) is 22.4 Å². The number of hydrogen-bond donors (Lipinski definition) is 6. The molecule has 0 radical (unpaired) electrons. The standard InChI is InChI=1S/C30H35FN8O3.C2HF3O2/c1-2-18-7-11-24-20(14-18)15-22(16-36-24)37-28(41)26-17-42-29(39-26)25(12-8-19-5-9-21(31)10-6-19)38-27(40)23(32)4-3-13-35-30(33)34;3-2(4,5)1(6)7/h5-7,9-11,14-17,23,25H,2-4,8,12-13,32H2,1H3,(H,37,41)(H,38,40)(H4,33,34,35);(H,6,7)/t23-,25-;/m1./s1. The highest BCUT2D eigenvalue weighted by Gasteiger charge is 2.38. The Bertz CT molecular complexity index is 1760. The highest BCUT2D eigenvalue weighted by atomic mass is 19.4. The molecule has 13 nitrogen and oxygen atoms in total. The number of rotatable bonds is 13. The first kappa shape index (κ1) is 37.9. The Morgan fingerprint density at radius 3 is 2.35 bits per heavy atom. The maximum absolute atomic E-state index is 13.4. The van der Waals surface area contributed by atoms with E-state index >= 15 is 0 Å². The summed E-state index contributed by atoms with van der Waals surface area (Å²) in [7, 11) is 0. The van der Waals surface area contributed by atoms with Crippen LogP contribution in [0.5, 0.6) is 0 Å². The molecule has 49 heavy (non-hydrogen) atoms. The summed E-state index contributed by atoms with van der Waals surface area (Å²) in [5.74, 6) is -3.88. The number of carbonyl (C=O) groups excluding carboxylic acids is 2. The lowest BCUT2D eigenvalue weighted by molar-refractivity contribution is -0.192. The molecule has 2 aromatic heterocycles. The molecule has 0 saturated carbocycles. The van der Waals surface area contributed by atoms with Crippen LogP contribution in [0.15, 0.2) is 70.4 Å². The Hall–Kier alpha value is -5.58. The van der Waals surface area contributed by atoms with Gasteiger partial charge >= 0.3 is 12.1 Å². The van der Waals surface area contributed by atoms with Crippen LogP contribution >= 0.6 is 0 Å². The summed E-state index contributed by atoms with van der Waals surface area (Å²) in [4.78, 5) is 47.5. The van der Waals surface area contributed by atoms with Crippen molar-refractivity contribution in [2.24, 2.45) is 22.2 Å². The summed E-state index contributed by atoms with van der Waals surface area (Å²) in [6.45, 7) is 2.42. The molecule has 0 aliphatic rings. The first-order chi connectivity index (χ1) is 23.2. The smallest absolute Gasteiger partial charge is 0.475 e. The topological polar surface area (TPSA) is 225 Å². The van der Waals surface area contributed by atoms with E-state index in [0.29, 0.717) is 37.9 Å². The summed E-state index contributed by atoms with van der Waals surface area (Å²) in [5, 5.41) is 13.7. The maximum Gasteiger partial charge on any atom is 0.490 e. The Morgan fingerprint density at radius 2 is 1.71 bits per heavy atom. The second-order valence-electron chi connectivity index (χ2n) is 10.7. The Morgan fingerprint density at radius 1 is 1.04 bits per heavy atom. The van der Waals surface area contributed by atoms with Crippen molar-refractivity contribution >= 4 is 40.3 Å². The number of fused-ring (bicyclic) bond motifs is 1. The molecule has 262 valence electrons. The number of oxazole rings is 1. The average Bonchev–Trinajstić information content (AvgIpc) is 3.55. The van der Waals surface area contributed by atoms with Crippen molar-refractivity contribution < 1.29 is 41.5 Å². The summed E-state index contributed by atoms with van der Waals surface area (Å²) >= 11 is 0. The number of nitrogens with two attached hydrogens (primary N) is 3. The molecular formula is C32H36F4N8O5. The fourth-order valence-corrected chi connectivity index (χ4v) is 4.37. The van der Waals surface area contributed by atoms with Gasteiger partial charge in [0.2, 0.25) is 11.8 Å². The second-order valence-corrected chi connectivity index (χ2v) is 10.7. The molecule has 0 aliphatic heterocycles. The number of carbonyl (C=O) groups is 3. The minimum absolute atomic E-state index is 0.0277. The zero-order valence-electron chi connectivity index (χ0n) is 26.3. The van der Waals surface area contributed by atoms with E-state index in [1.807, 2.05) is 24.3 Å². The van der Waals surface area contributed by atoms with Gasteiger partial charge in [-0.15, -0.1) is 0 Å². The number of nitrogens with one attached hydrogen (secondary N) is 2. The van der Waals surface area contributed by atoms with Gasteiger partial charge in [-0.1, -0.05) is 25.1 Å². The number of guanidine groups is 1. The van der Waals surface area contributed by atoms with Gasteiger partial charge in [0.1, 0.15) is 18.1 Å². The highest BCUT2D eigenvalue weighted by Crippen LogP contribution is 2.22. The largest absolute Gasteiger partial charge is 0.490 e. The van der Waals surface area contributed by atoms with Crippen molar-refractivity contribution in [1.29, 1.82) is 0 Å². The molecule has 0 unspecified atom stereocenters. The number of carboxylic acid groups (broad SMARTS) is 1. The van der Waals surface area contributed by atoms with Crippen molar-refractivity contribution in [3.63, 3.8) is 0 Å². The third kappa shape index (κ3) is 12.2. The predicted octanol–water partition coefficient (Wildman–Crippen LogP) is 3.98. The molecule has 0 fully saturated rings. The number of halogens is 4. The third-order valence-electron chi connectivity index (χ3n) is 6.96. The molecule has 0 bridgehead atoms. The van der Waals surface area contributed by atoms with Crippen molar-refractivity contribution in [2.45, 2.75) is 57.3 Å². The van der Waals surface area contributed by atoms with E-state index in [1.165, 1.54) is 18.4 Å². The predicted molar refractivity (Wildman–Crippen MR) is 173 cm³/mol. The van der Waals surface area contributed by atoms with E-state index in [0.717, 1.165) is 28.5 Å². The molecular weight excluding hydrogens is 652 g/mol. The normalized spacial score (nSPS) is 12.3. The minimum Gasteiger partial charge on any atom is -0.475 e. The van der Waals surface area contributed by atoms with E-state index in [2.05, 4.69) is 32.5 Å². The molecule has 0 spiro atoms. The monoisotopic (exact) mass is 688 g/mol. The Labute approximate surface area is 278 Å². The number of pyridine rings is 1. The maximum atomic E-state index is 13.4. The second kappa shape index (κ2) is 17.5. The van der Waals surface area contributed by atoms with Gasteiger partial charge in [0.25, 0.3) is 5.91 Å². The fraction of sp³-hybridized carbons (Fsp3) is 0.312. The molecule has 4 rings (SSSR count). The van der Waals surface area contributed by atoms with Crippen LogP contribution in [-0.4, -0.2) is 57.6 Å². The number of nitrogens with zero attached hydrogens (tertiary/aromatic N) is 3. The number of amides is 2. The Balaban J connectivity index is 0.000000838. The number of carboxylic acids is 1. The van der Waals surface area contributed by atoms with Gasteiger partial charge in [-0.25, -0.2) is 14.2 Å². The minimum atomic E-state index is -5.08. The Kier molecular flexibility index (Phi) is 13.6. The van der Waals surface area contributed by atoms with E-state index in [9.17, 15) is 27.2 Å². The molecule has 0 aliphatic carbocycles. The van der Waals surface area contributed by atoms with Crippen molar-refractivity contribution in [3.05, 3.63) is 89.5 Å². The van der Waals surface area contributed by atoms with Crippen molar-refractivity contribution in [1.82, 2.24) is 15.3 Å². The quantitative estimate of drug-likeness (QED) is 0.0513. The summed E-state index contributed by atoms with van der Waals surface area (Å²) < 4.78 is 50.8. The zero-order valence-corrected chi connectivity index (χ0v) is 26.3. The number of aryl methyl sites for hydroxylation is 2. The van der Waals surface area contributed by atoms with Gasteiger partial charge in [-0.3, -0.25) is 19.6 Å². The van der Waals surface area contributed by atoms with E-state index < -0.39 is 36.0 Å². The molecule has 0 saturated heterocycles. The van der Waals surface area contributed by atoms with Crippen LogP contribution < -0.4 is 27.8 Å². The van der Waals surface area contributed by atoms with Crippen LogP contribution in [0.3, 0.4) is 0 Å². The van der Waals surface area contributed by atoms with Crippen LogP contribution in [0, 0.1) is 5.82 Å². The van der Waals surface area contributed by atoms with Crippen LogP contribution in [0.25, 0.3) is 10.9 Å². The van der Waals surface area contributed by atoms with E-state index in [1.54, 1.807) is 18.3 Å². The zero-order chi connectivity index (χ0) is 36.1. The number of aliphatic carboxylic acids is 1. The summed E-state index contributed by atoms with van der Waals surface area (Å²) in [6.07, 6.45) is 0.334. The third-order valence-corrected chi connectivity index (χ3v) is 6.96. The lowest BCUT2D eigenvalue weighted by atomic mass is 10.0. The first-order valence-electron chi connectivity index (χ1n) is 15.0. The molecule has 17 heteroatoms. The molecule has 2 atom stereocenters. The fourth-order valence-electron chi connectivity index (χ4n) is 4.37. The van der Waals surface area contributed by atoms with Crippen molar-refractivity contribution in [3.8, 4) is 0 Å². The number of aromatic nitrogens is 2. The van der Waals surface area contributed by atoms with Crippen LogP contribution in [0.4, 0.5) is 23.2 Å². The van der Waals surface area contributed by atoms with Gasteiger partial charge in [0.15, 0.2) is 11.7 Å². The summed E-state index contributed by atoms with van der Waals surface area (Å²) in [6, 6.07) is 12.4. The molecule has 2 aromatic carbocycles. The number of aliphatic imine (C=N–C) groups is 1. The van der Waals surface area contributed by atoms with E-state index in [-0.39, 0.29) is 23.4 Å². The number of hydrogen-bond acceptors (Lipinski definition) is 8. The highest BCUT2D eigenvalue weighted by molar-refractivity contribution is 6.03. The lowest BCUT2D eigenvalue weighted by Crippen LogP contribution is -2.42. The van der Waals surface area contributed by atoms with Crippen molar-refractivity contribution in [2.75, 3.05) is 11.9 Å². The average molecular weight is 689 g/mol. The molecule has 2 amide bonds. The van der Waals surface area contributed by atoms with E-state index in [4.69, 9.17) is 31.5 Å². The van der Waals surface area contributed by atoms with Gasteiger partial charge in [-0.2, -0.15) is 13.2 Å².